The van der Waals surface area contributed by atoms with Gasteiger partial charge in [-0.25, -0.2) is 0 Å². The molecule has 0 saturated carbocycles. The molecule has 2 N–H and O–H groups in total. The molecule has 1 nitrogen and oxygen atoms in total. The first-order valence-corrected chi connectivity index (χ1v) is 0. The molecule has 0 spiro atoms. The van der Waals surface area contributed by atoms with E-state index in [1.165, 1.54) is 0 Å². The second-order valence-electron chi connectivity index (χ2n) is 0. The molecule has 16 valence electrons. The maximum Gasteiger partial charge on any atom is 0 e. The predicted molar refractivity (Wildman–Crippen MR) is 15.1 cm³/mol. The average molecular weight is 271 g/mol. The van der Waals surface area contributed by atoms with E-state index in [9.17, 15) is 0 Å². The third-order valence-electron chi connectivity index (χ3n) is 0. The van der Waals surface area contributed by atoms with Gasteiger partial charge in [0.25, 0.3) is 0 Å². The van der Waals surface area contributed by atoms with Gasteiger partial charge in [-0.3, -0.25) is 0 Å². The van der Waals surface area contributed by atoms with Gasteiger partial charge in [-0.15, -0.1) is 0 Å². The molecule has 0 saturated heterocycles. The SMILES string of the molecule is O.[Ba].[Na].[Nb]. The summed E-state index contributed by atoms with van der Waals surface area (Å²) in [6.07, 6.45) is 0. The van der Waals surface area contributed by atoms with Crippen LogP contribution < -0.4 is 0 Å². The maximum absolute atomic E-state index is 0. The summed E-state index contributed by atoms with van der Waals surface area (Å²) in [4.78, 5) is 0. The van der Waals surface area contributed by atoms with Gasteiger partial charge >= 0.3 is 0 Å². The van der Waals surface area contributed by atoms with Crippen molar-refractivity contribution in [2.75, 3.05) is 0 Å². The minimum absolute atomic E-state index is 0. The Bertz CT molecular complexity index is 8.00. The summed E-state index contributed by atoms with van der Waals surface area (Å²) in [6.45, 7) is 0. The second kappa shape index (κ2) is 16.3. The van der Waals surface area contributed by atoms with E-state index in [1.807, 2.05) is 0 Å². The molecule has 0 aromatic heterocycles. The molecule has 0 aliphatic carbocycles. The summed E-state index contributed by atoms with van der Waals surface area (Å²) in [5.74, 6) is 0. The van der Waals surface area contributed by atoms with Gasteiger partial charge in [-0.2, -0.15) is 0 Å². The normalized spacial score (nSPS) is 0. The van der Waals surface area contributed by atoms with Crippen LogP contribution in [0.3, 0.4) is 0 Å². The molecule has 4 heavy (non-hydrogen) atoms. The van der Waals surface area contributed by atoms with E-state index in [1.54, 1.807) is 0 Å². The fraction of sp³-hybridized carbons (Fsp3) is 0. The largest absolute Gasteiger partial charge is 0.412 e. The first kappa shape index (κ1) is 26.7. The molecule has 4 heteroatoms. The Morgan fingerprint density at radius 2 is 1.00 bits per heavy atom. The van der Waals surface area contributed by atoms with Crippen LogP contribution in [0.15, 0.2) is 0 Å². The molecule has 0 aromatic rings. The van der Waals surface area contributed by atoms with Crippen LogP contribution in [0.2, 0.25) is 0 Å². The van der Waals surface area contributed by atoms with Crippen LogP contribution in [0.4, 0.5) is 0 Å². The van der Waals surface area contributed by atoms with Crippen LogP contribution in [0.1, 0.15) is 0 Å². The van der Waals surface area contributed by atoms with Crippen LogP contribution >= 0.6 is 0 Å². The van der Waals surface area contributed by atoms with Gasteiger partial charge in [0.05, 0.1) is 0 Å². The van der Waals surface area contributed by atoms with E-state index >= 15 is 0 Å². The summed E-state index contributed by atoms with van der Waals surface area (Å²) < 4.78 is 0. The van der Waals surface area contributed by atoms with E-state index in [2.05, 4.69) is 0 Å². The zero-order valence-corrected chi connectivity index (χ0v) is 11.3. The first-order chi connectivity index (χ1) is 0. The fourth-order valence-corrected chi connectivity index (χ4v) is 0. The maximum atomic E-state index is 0. The van der Waals surface area contributed by atoms with Crippen molar-refractivity contribution >= 4 is 78.4 Å². The Morgan fingerprint density at radius 3 is 1.00 bits per heavy atom. The van der Waals surface area contributed by atoms with Crippen LogP contribution in [0, 0.1) is 0 Å². The molecule has 0 rings (SSSR count). The van der Waals surface area contributed by atoms with Gasteiger partial charge in [0, 0.05) is 101 Å². The van der Waals surface area contributed by atoms with Crippen molar-refractivity contribution in [3.05, 3.63) is 0 Å². The summed E-state index contributed by atoms with van der Waals surface area (Å²) in [5.41, 5.74) is 0. The molecule has 0 bridgehead atoms. The van der Waals surface area contributed by atoms with Gasteiger partial charge in [0.1, 0.15) is 0 Å². The first-order valence-electron chi connectivity index (χ1n) is 0. The van der Waals surface area contributed by atoms with E-state index in [0.717, 1.165) is 0 Å². The molecule has 4 radical (unpaired) electrons. The minimum atomic E-state index is 0. The van der Waals surface area contributed by atoms with E-state index in [0.29, 0.717) is 0 Å². The molecular formula is H2BaNaNbO. The van der Waals surface area contributed by atoms with Crippen molar-refractivity contribution in [1.29, 1.82) is 0 Å². The Kier molecular flexibility index (Phi) is 109. The van der Waals surface area contributed by atoms with Crippen LogP contribution in [-0.4, -0.2) is 83.9 Å². The van der Waals surface area contributed by atoms with Gasteiger partial charge < -0.3 is 5.48 Å². The van der Waals surface area contributed by atoms with E-state index < -0.39 is 0 Å². The fourth-order valence-electron chi connectivity index (χ4n) is 0. The van der Waals surface area contributed by atoms with Crippen molar-refractivity contribution in [2.24, 2.45) is 0 Å². The molecule has 0 fully saturated rings. The molecule has 0 atom stereocenters. The van der Waals surface area contributed by atoms with Crippen LogP contribution in [0.25, 0.3) is 0 Å². The Balaban J connectivity index is 0. The third kappa shape index (κ3) is 8.99. The molecular weight excluding hydrogens is 269 g/mol. The standard InChI is InChI=1S/Ba.Na.Nb.H2O/h;;;1H2. The topological polar surface area (TPSA) is 31.5 Å². The molecule has 0 amide bonds. The van der Waals surface area contributed by atoms with Crippen LogP contribution in [0.5, 0.6) is 0 Å². The quantitative estimate of drug-likeness (QED) is 0.476. The monoisotopic (exact) mass is 272 g/mol. The summed E-state index contributed by atoms with van der Waals surface area (Å²) in [5, 5.41) is 0. The van der Waals surface area contributed by atoms with E-state index in [4.69, 9.17) is 0 Å². The van der Waals surface area contributed by atoms with Gasteiger partial charge in [-0.1, -0.05) is 0 Å². The van der Waals surface area contributed by atoms with Crippen molar-refractivity contribution in [3.8, 4) is 0 Å². The van der Waals surface area contributed by atoms with Crippen molar-refractivity contribution < 1.29 is 27.9 Å². The Hall–Kier alpha value is 3.27. The number of hydrogen-bond donors (Lipinski definition) is 0. The molecule has 0 aliphatic heterocycles. The van der Waals surface area contributed by atoms with Gasteiger partial charge in [-0.05, 0) is 0 Å². The molecule has 0 aliphatic rings. The zero-order chi connectivity index (χ0) is 0. The summed E-state index contributed by atoms with van der Waals surface area (Å²) >= 11 is 0. The average Bonchev–Trinajstić information content (AvgIpc) is 0. The molecule has 0 unspecified atom stereocenters. The van der Waals surface area contributed by atoms with Crippen LogP contribution in [-0.2, 0) is 22.4 Å². The van der Waals surface area contributed by atoms with E-state index in [-0.39, 0.29) is 106 Å². The molecule has 0 heterocycles. The Labute approximate surface area is 103 Å². The van der Waals surface area contributed by atoms with Crippen molar-refractivity contribution in [3.63, 3.8) is 0 Å². The number of rotatable bonds is 0. The summed E-state index contributed by atoms with van der Waals surface area (Å²) in [7, 11) is 0. The zero-order valence-electron chi connectivity index (χ0n) is 2.65. The van der Waals surface area contributed by atoms with Gasteiger partial charge in [0.2, 0.25) is 0 Å². The number of hydrogen-bond acceptors (Lipinski definition) is 0. The minimum Gasteiger partial charge on any atom is -0.412 e. The summed E-state index contributed by atoms with van der Waals surface area (Å²) in [6, 6.07) is 0. The second-order valence-corrected chi connectivity index (χ2v) is 0. The third-order valence-corrected chi connectivity index (χ3v) is 0. The van der Waals surface area contributed by atoms with Crippen molar-refractivity contribution in [2.45, 2.75) is 0 Å². The van der Waals surface area contributed by atoms with Gasteiger partial charge in [0.15, 0.2) is 0 Å². The smallest absolute Gasteiger partial charge is 0 e. The predicted octanol–water partition coefficient (Wildman–Crippen LogP) is -1.59. The Morgan fingerprint density at radius 1 is 1.00 bits per heavy atom. The van der Waals surface area contributed by atoms with Crippen molar-refractivity contribution in [1.82, 2.24) is 0 Å². The molecule has 0 aromatic carbocycles.